The van der Waals surface area contributed by atoms with Gasteiger partial charge in [0, 0.05) is 25.6 Å². The molecular weight excluding hydrogens is 425 g/mol. The highest BCUT2D eigenvalue weighted by Crippen LogP contribution is 2.43. The molecule has 166 valence electrons. The monoisotopic (exact) mass is 449 g/mol. The van der Waals surface area contributed by atoms with Crippen molar-refractivity contribution < 1.29 is 23.8 Å². The van der Waals surface area contributed by atoms with Gasteiger partial charge in [0.05, 0.1) is 17.4 Å². The number of halogens is 2. The Kier molecular flexibility index (Phi) is 6.50. The highest BCUT2D eigenvalue weighted by Gasteiger charge is 2.30. The van der Waals surface area contributed by atoms with Gasteiger partial charge in [0.15, 0.2) is 11.5 Å². The summed E-state index contributed by atoms with van der Waals surface area (Å²) in [4.78, 5) is 14.9. The van der Waals surface area contributed by atoms with Crippen LogP contribution in [0, 0.1) is 11.7 Å². The SMILES string of the molecule is Nc1cc(C(=O)NC[C@@H]2CCN(Cc3ccc(F)cc3)CC2O)c2c(c1Cl)OCCO2. The van der Waals surface area contributed by atoms with Crippen molar-refractivity contribution in [2.45, 2.75) is 19.1 Å². The van der Waals surface area contributed by atoms with Crippen LogP contribution in [0.5, 0.6) is 11.5 Å². The summed E-state index contributed by atoms with van der Waals surface area (Å²) in [6, 6.07) is 7.85. The van der Waals surface area contributed by atoms with Gasteiger partial charge in [-0.1, -0.05) is 23.7 Å². The lowest BCUT2D eigenvalue weighted by Crippen LogP contribution is -2.47. The number of piperidine rings is 1. The molecule has 7 nitrogen and oxygen atoms in total. The number of β-amino-alcohol motifs (C(OH)–C–C–N with tert-alkyl or cyclic N) is 1. The molecule has 31 heavy (non-hydrogen) atoms. The molecule has 2 aliphatic heterocycles. The third-order valence-corrected chi connectivity index (χ3v) is 6.06. The number of likely N-dealkylation sites (tertiary alicyclic amines) is 1. The first-order valence-electron chi connectivity index (χ1n) is 10.2. The topological polar surface area (TPSA) is 97.1 Å². The molecule has 2 heterocycles. The number of fused-ring (bicyclic) bond motifs is 1. The number of carbonyl (C=O) groups excluding carboxylic acids is 1. The van der Waals surface area contributed by atoms with Crippen LogP contribution in [0.15, 0.2) is 30.3 Å². The second-order valence-electron chi connectivity index (χ2n) is 7.87. The van der Waals surface area contributed by atoms with E-state index in [1.807, 2.05) is 0 Å². The molecule has 2 aromatic carbocycles. The zero-order chi connectivity index (χ0) is 22.0. The lowest BCUT2D eigenvalue weighted by Gasteiger charge is -2.36. The molecule has 0 bridgehead atoms. The maximum atomic E-state index is 13.1. The molecule has 0 radical (unpaired) electrons. The van der Waals surface area contributed by atoms with E-state index < -0.39 is 6.10 Å². The van der Waals surface area contributed by atoms with Crippen molar-refractivity contribution in [2.75, 3.05) is 38.6 Å². The molecule has 4 N–H and O–H groups in total. The van der Waals surface area contributed by atoms with Crippen LogP contribution in [0.3, 0.4) is 0 Å². The molecule has 4 rings (SSSR count). The van der Waals surface area contributed by atoms with Crippen LogP contribution in [0.1, 0.15) is 22.3 Å². The van der Waals surface area contributed by atoms with E-state index in [1.54, 1.807) is 12.1 Å². The first kappa shape index (κ1) is 21.7. The highest BCUT2D eigenvalue weighted by atomic mass is 35.5. The molecule has 0 saturated carbocycles. The second-order valence-corrected chi connectivity index (χ2v) is 8.25. The standard InChI is InChI=1S/C22H25ClFN3O4/c23-19-17(25)9-16(20-21(19)31-8-7-30-20)22(29)26-10-14-5-6-27(12-18(14)28)11-13-1-3-15(24)4-2-13/h1-4,9,14,18,28H,5-8,10-12,25H2,(H,26,29)/t14-,18?/m0/s1. The number of nitrogens with zero attached hydrogens (tertiary/aromatic N) is 1. The van der Waals surface area contributed by atoms with Crippen LogP contribution in [0.25, 0.3) is 0 Å². The molecule has 1 amide bonds. The van der Waals surface area contributed by atoms with Gasteiger partial charge in [-0.2, -0.15) is 0 Å². The fourth-order valence-corrected chi connectivity index (χ4v) is 4.16. The number of hydrogen-bond donors (Lipinski definition) is 3. The van der Waals surface area contributed by atoms with E-state index in [1.165, 1.54) is 18.2 Å². The molecule has 2 aliphatic rings. The van der Waals surface area contributed by atoms with Gasteiger partial charge in [-0.15, -0.1) is 0 Å². The average Bonchev–Trinajstić information content (AvgIpc) is 2.77. The fraction of sp³-hybridized carbons (Fsp3) is 0.409. The first-order valence-corrected chi connectivity index (χ1v) is 10.6. The number of anilines is 1. The number of rotatable bonds is 5. The minimum atomic E-state index is -0.585. The molecule has 9 heteroatoms. The van der Waals surface area contributed by atoms with Gasteiger partial charge in [0.2, 0.25) is 0 Å². The Morgan fingerprint density at radius 1 is 1.26 bits per heavy atom. The largest absolute Gasteiger partial charge is 0.485 e. The third kappa shape index (κ3) is 4.87. The van der Waals surface area contributed by atoms with E-state index in [-0.39, 0.29) is 45.4 Å². The summed E-state index contributed by atoms with van der Waals surface area (Å²) >= 11 is 6.17. The van der Waals surface area contributed by atoms with Crippen molar-refractivity contribution in [3.8, 4) is 11.5 Å². The van der Waals surface area contributed by atoms with Crippen molar-refractivity contribution in [1.82, 2.24) is 10.2 Å². The van der Waals surface area contributed by atoms with Crippen LogP contribution in [-0.2, 0) is 6.54 Å². The summed E-state index contributed by atoms with van der Waals surface area (Å²) in [5.74, 6) is -0.124. The third-order valence-electron chi connectivity index (χ3n) is 5.67. The summed E-state index contributed by atoms with van der Waals surface area (Å²) in [5, 5.41) is 13.7. The Hall–Kier alpha value is -2.55. The Morgan fingerprint density at radius 2 is 1.97 bits per heavy atom. The van der Waals surface area contributed by atoms with Crippen molar-refractivity contribution in [1.29, 1.82) is 0 Å². The van der Waals surface area contributed by atoms with Gasteiger partial charge >= 0.3 is 0 Å². The average molecular weight is 450 g/mol. The van der Waals surface area contributed by atoms with E-state index >= 15 is 0 Å². The van der Waals surface area contributed by atoms with E-state index in [0.29, 0.717) is 32.8 Å². The summed E-state index contributed by atoms with van der Waals surface area (Å²) in [6.45, 7) is 2.87. The van der Waals surface area contributed by atoms with Gasteiger partial charge in [0.25, 0.3) is 5.91 Å². The quantitative estimate of drug-likeness (QED) is 0.607. The second kappa shape index (κ2) is 9.30. The Morgan fingerprint density at radius 3 is 2.68 bits per heavy atom. The van der Waals surface area contributed by atoms with Gasteiger partial charge in [0.1, 0.15) is 24.1 Å². The van der Waals surface area contributed by atoms with E-state index in [9.17, 15) is 14.3 Å². The normalized spacial score (nSPS) is 21.0. The minimum Gasteiger partial charge on any atom is -0.485 e. The fourth-order valence-electron chi connectivity index (χ4n) is 3.96. The number of carbonyl (C=O) groups is 1. The predicted octanol–water partition coefficient (Wildman–Crippen LogP) is 2.45. The molecule has 0 aromatic heterocycles. The van der Waals surface area contributed by atoms with Gasteiger partial charge in [-0.05, 0) is 36.7 Å². The van der Waals surface area contributed by atoms with Gasteiger partial charge in [-0.3, -0.25) is 9.69 Å². The smallest absolute Gasteiger partial charge is 0.255 e. The van der Waals surface area contributed by atoms with E-state index in [0.717, 1.165) is 18.5 Å². The van der Waals surface area contributed by atoms with Crippen molar-refractivity contribution >= 4 is 23.2 Å². The highest BCUT2D eigenvalue weighted by molar-refractivity contribution is 6.35. The minimum absolute atomic E-state index is 0.0777. The zero-order valence-electron chi connectivity index (χ0n) is 16.9. The van der Waals surface area contributed by atoms with E-state index in [4.69, 9.17) is 26.8 Å². The number of amides is 1. The van der Waals surface area contributed by atoms with Crippen LogP contribution in [0.4, 0.5) is 10.1 Å². The summed E-state index contributed by atoms with van der Waals surface area (Å²) in [7, 11) is 0. The number of aliphatic hydroxyl groups is 1. The molecule has 1 saturated heterocycles. The maximum Gasteiger partial charge on any atom is 0.255 e. The van der Waals surface area contributed by atoms with Crippen LogP contribution in [-0.4, -0.2) is 54.9 Å². The molecule has 1 unspecified atom stereocenters. The molecule has 1 fully saturated rings. The summed E-state index contributed by atoms with van der Waals surface area (Å²) in [6.07, 6.45) is 0.140. The number of benzene rings is 2. The lowest BCUT2D eigenvalue weighted by atomic mass is 9.93. The van der Waals surface area contributed by atoms with Gasteiger partial charge in [-0.25, -0.2) is 4.39 Å². The van der Waals surface area contributed by atoms with Crippen LogP contribution in [0.2, 0.25) is 5.02 Å². The predicted molar refractivity (Wildman–Crippen MR) is 115 cm³/mol. The number of nitrogen functional groups attached to an aromatic ring is 1. The number of nitrogens with one attached hydrogen (secondary N) is 1. The number of aliphatic hydroxyl groups excluding tert-OH is 1. The Balaban J connectivity index is 1.34. The van der Waals surface area contributed by atoms with Crippen LogP contribution >= 0.6 is 11.6 Å². The van der Waals surface area contributed by atoms with Crippen molar-refractivity contribution in [3.05, 3.63) is 52.3 Å². The maximum absolute atomic E-state index is 13.1. The van der Waals surface area contributed by atoms with Gasteiger partial charge < -0.3 is 25.6 Å². The summed E-state index contributed by atoms with van der Waals surface area (Å²) in [5.41, 5.74) is 7.41. The number of hydrogen-bond acceptors (Lipinski definition) is 6. The lowest BCUT2D eigenvalue weighted by molar-refractivity contribution is 0.0189. The van der Waals surface area contributed by atoms with Crippen molar-refractivity contribution in [2.24, 2.45) is 5.92 Å². The molecular formula is C22H25ClFN3O4. The Labute approximate surface area is 184 Å². The van der Waals surface area contributed by atoms with E-state index in [2.05, 4.69) is 10.2 Å². The zero-order valence-corrected chi connectivity index (χ0v) is 17.7. The summed E-state index contributed by atoms with van der Waals surface area (Å²) < 4.78 is 24.2. The Bertz CT molecular complexity index is 957. The molecule has 2 atom stereocenters. The van der Waals surface area contributed by atoms with Crippen molar-refractivity contribution in [3.63, 3.8) is 0 Å². The molecule has 0 aliphatic carbocycles. The number of nitrogens with two attached hydrogens (primary N) is 1. The molecule has 0 spiro atoms. The first-order chi connectivity index (χ1) is 14.9. The van der Waals surface area contributed by atoms with Crippen LogP contribution < -0.4 is 20.5 Å². The number of ether oxygens (including phenoxy) is 2. The molecule has 2 aromatic rings.